The molecule has 0 spiro atoms. The third-order valence-corrected chi connectivity index (χ3v) is 6.34. The van der Waals surface area contributed by atoms with Crippen LogP contribution in [0.5, 0.6) is 0 Å². The summed E-state index contributed by atoms with van der Waals surface area (Å²) in [5.74, 6) is -1.29. The molecule has 0 atom stereocenters. The number of amides is 2. The zero-order chi connectivity index (χ0) is 28.6. The van der Waals surface area contributed by atoms with Gasteiger partial charge in [0.2, 0.25) is 0 Å². The van der Waals surface area contributed by atoms with Gasteiger partial charge in [-0.1, -0.05) is 53.7 Å². The van der Waals surface area contributed by atoms with E-state index in [1.54, 1.807) is 41.5 Å². The first kappa shape index (κ1) is 27.5. The van der Waals surface area contributed by atoms with Crippen LogP contribution >= 0.6 is 0 Å². The number of halogens is 6. The van der Waals surface area contributed by atoms with Gasteiger partial charge in [-0.25, -0.2) is 0 Å². The molecule has 202 valence electrons. The van der Waals surface area contributed by atoms with Crippen molar-refractivity contribution in [2.24, 2.45) is 10.8 Å². The van der Waals surface area contributed by atoms with Crippen LogP contribution in [-0.4, -0.2) is 11.8 Å². The molecule has 0 aromatic heterocycles. The van der Waals surface area contributed by atoms with Gasteiger partial charge in [0.15, 0.2) is 0 Å². The molecule has 4 rings (SSSR count). The Morgan fingerprint density at radius 2 is 0.868 bits per heavy atom. The number of anilines is 2. The van der Waals surface area contributed by atoms with Crippen molar-refractivity contribution in [1.29, 1.82) is 0 Å². The average molecular weight is 537 g/mol. The molecule has 2 aliphatic heterocycles. The van der Waals surface area contributed by atoms with Gasteiger partial charge in [-0.3, -0.25) is 19.4 Å². The number of hydrogen-bond donors (Lipinski definition) is 0. The summed E-state index contributed by atoms with van der Waals surface area (Å²) in [4.78, 5) is 30.0. The first-order valence-corrected chi connectivity index (χ1v) is 11.8. The topological polar surface area (TPSA) is 40.6 Å². The van der Waals surface area contributed by atoms with E-state index in [4.69, 9.17) is 0 Å². The lowest BCUT2D eigenvalue weighted by Gasteiger charge is -2.28. The number of alkyl halides is 6. The number of rotatable bonds is 2. The van der Waals surface area contributed by atoms with Crippen LogP contribution in [0.25, 0.3) is 0 Å². The predicted octanol–water partition coefficient (Wildman–Crippen LogP) is 7.72. The molecule has 10 heteroatoms. The van der Waals surface area contributed by atoms with Gasteiger partial charge in [0, 0.05) is 22.5 Å². The SMILES string of the molecule is CC(C)(C)C1=C2C(=C(C(C)(C)C)C(=O)N2c2cccc(C(F)(F)F)c2)N(c2cccc(C(F)(F)F)c2)C1=O. The minimum Gasteiger partial charge on any atom is -0.275 e. The summed E-state index contributed by atoms with van der Waals surface area (Å²) in [7, 11) is 0. The van der Waals surface area contributed by atoms with Gasteiger partial charge in [0.25, 0.3) is 11.8 Å². The molecule has 0 saturated carbocycles. The second-order valence-corrected chi connectivity index (χ2v) is 11.3. The van der Waals surface area contributed by atoms with E-state index < -0.39 is 46.1 Å². The summed E-state index contributed by atoms with van der Waals surface area (Å²) < 4.78 is 81.3. The number of nitrogens with zero attached hydrogens (tertiary/aromatic N) is 2. The first-order chi connectivity index (χ1) is 17.2. The summed E-state index contributed by atoms with van der Waals surface area (Å²) in [5.41, 5.74) is -3.62. The van der Waals surface area contributed by atoms with E-state index in [9.17, 15) is 35.9 Å². The van der Waals surface area contributed by atoms with Crippen LogP contribution in [0, 0.1) is 10.8 Å². The Morgan fingerprint density at radius 3 is 1.13 bits per heavy atom. The monoisotopic (exact) mass is 536 g/mol. The molecule has 0 fully saturated rings. The van der Waals surface area contributed by atoms with Crippen LogP contribution in [-0.2, 0) is 21.9 Å². The number of carbonyl (C=O) groups is 2. The molecular formula is C28H26F6N2O2. The van der Waals surface area contributed by atoms with Gasteiger partial charge in [-0.15, -0.1) is 0 Å². The second-order valence-electron chi connectivity index (χ2n) is 11.3. The lowest BCUT2D eigenvalue weighted by Crippen LogP contribution is -2.34. The summed E-state index contributed by atoms with van der Waals surface area (Å²) in [6.45, 7) is 10.2. The second kappa shape index (κ2) is 8.47. The van der Waals surface area contributed by atoms with Crippen molar-refractivity contribution in [3.63, 3.8) is 0 Å². The molecular weight excluding hydrogens is 510 g/mol. The molecule has 0 saturated heterocycles. The average Bonchev–Trinajstić information content (AvgIpc) is 3.20. The summed E-state index contributed by atoms with van der Waals surface area (Å²) >= 11 is 0. The van der Waals surface area contributed by atoms with E-state index in [1.807, 2.05) is 0 Å². The maximum absolute atomic E-state index is 13.9. The molecule has 0 aliphatic carbocycles. The van der Waals surface area contributed by atoms with Crippen LogP contribution in [0.15, 0.2) is 71.1 Å². The minimum atomic E-state index is -4.68. The van der Waals surface area contributed by atoms with Crippen LogP contribution in [0.2, 0.25) is 0 Å². The van der Waals surface area contributed by atoms with Crippen molar-refractivity contribution < 1.29 is 35.9 Å². The van der Waals surface area contributed by atoms with Gasteiger partial charge >= 0.3 is 12.4 Å². The highest BCUT2D eigenvalue weighted by molar-refractivity contribution is 6.24. The Bertz CT molecular complexity index is 1290. The fraction of sp³-hybridized carbons (Fsp3) is 0.357. The standard InChI is InChI=1S/C28H26F6N2O2/c1-25(2,3)19-21-22(36(23(19)37)18-12-8-10-16(14-18)28(32,33)34)20(26(4,5)6)24(38)35(21)17-11-7-9-15(13-17)27(29,30)31/h7-14H,1-6H3. The highest BCUT2D eigenvalue weighted by Gasteiger charge is 2.53. The van der Waals surface area contributed by atoms with Gasteiger partial charge in [-0.2, -0.15) is 26.3 Å². The predicted molar refractivity (Wildman–Crippen MR) is 131 cm³/mol. The van der Waals surface area contributed by atoms with E-state index >= 15 is 0 Å². The fourth-order valence-electron chi connectivity index (χ4n) is 4.79. The van der Waals surface area contributed by atoms with Crippen molar-refractivity contribution in [2.75, 3.05) is 9.80 Å². The smallest absolute Gasteiger partial charge is 0.275 e. The van der Waals surface area contributed by atoms with Crippen molar-refractivity contribution >= 4 is 23.2 Å². The Balaban J connectivity index is 2.05. The molecule has 0 radical (unpaired) electrons. The van der Waals surface area contributed by atoms with Crippen LogP contribution < -0.4 is 9.80 Å². The van der Waals surface area contributed by atoms with Crippen LogP contribution in [0.4, 0.5) is 37.7 Å². The molecule has 2 aliphatic rings. The van der Waals surface area contributed by atoms with Crippen molar-refractivity contribution in [3.05, 3.63) is 82.2 Å². The van der Waals surface area contributed by atoms with E-state index in [2.05, 4.69) is 0 Å². The zero-order valence-electron chi connectivity index (χ0n) is 21.6. The Kier molecular flexibility index (Phi) is 6.13. The van der Waals surface area contributed by atoms with Gasteiger partial charge < -0.3 is 0 Å². The number of carbonyl (C=O) groups excluding carboxylic acids is 2. The number of fused-ring (bicyclic) bond motifs is 1. The van der Waals surface area contributed by atoms with Gasteiger partial charge in [-0.05, 0) is 47.2 Å². The summed E-state index contributed by atoms with van der Waals surface area (Å²) in [6.07, 6.45) is -9.36. The van der Waals surface area contributed by atoms with Crippen molar-refractivity contribution in [3.8, 4) is 0 Å². The lowest BCUT2D eigenvalue weighted by atomic mass is 9.84. The van der Waals surface area contributed by atoms with Gasteiger partial charge in [0.1, 0.15) is 0 Å². The zero-order valence-corrected chi connectivity index (χ0v) is 21.6. The highest BCUT2D eigenvalue weighted by Crippen LogP contribution is 2.53. The maximum Gasteiger partial charge on any atom is 0.416 e. The molecule has 0 N–H and O–H groups in total. The lowest BCUT2D eigenvalue weighted by molar-refractivity contribution is -0.138. The normalized spacial score (nSPS) is 17.3. The third kappa shape index (κ3) is 4.50. The number of benzene rings is 2. The molecule has 2 heterocycles. The number of hydrogen-bond acceptors (Lipinski definition) is 2. The Morgan fingerprint density at radius 1 is 0.553 bits per heavy atom. The van der Waals surface area contributed by atoms with Crippen molar-refractivity contribution in [1.82, 2.24) is 0 Å². The van der Waals surface area contributed by atoms with Crippen LogP contribution in [0.1, 0.15) is 52.7 Å². The minimum absolute atomic E-state index is 0.0779. The summed E-state index contributed by atoms with van der Waals surface area (Å²) in [6, 6.07) is 8.39. The first-order valence-electron chi connectivity index (χ1n) is 11.8. The highest BCUT2D eigenvalue weighted by atomic mass is 19.4. The maximum atomic E-state index is 13.9. The molecule has 2 amide bonds. The van der Waals surface area contributed by atoms with E-state index in [1.165, 1.54) is 24.3 Å². The Labute approximate surface area is 216 Å². The van der Waals surface area contributed by atoms with Gasteiger partial charge in [0.05, 0.1) is 22.5 Å². The van der Waals surface area contributed by atoms with Crippen molar-refractivity contribution in [2.45, 2.75) is 53.9 Å². The van der Waals surface area contributed by atoms with E-state index in [0.717, 1.165) is 34.1 Å². The van der Waals surface area contributed by atoms with E-state index in [0.29, 0.717) is 0 Å². The molecule has 0 unspecified atom stereocenters. The molecule has 38 heavy (non-hydrogen) atoms. The quantitative estimate of drug-likeness (QED) is 0.369. The largest absolute Gasteiger partial charge is 0.416 e. The molecule has 2 aromatic rings. The van der Waals surface area contributed by atoms with Crippen LogP contribution in [0.3, 0.4) is 0 Å². The molecule has 0 bridgehead atoms. The Hall–Kier alpha value is -3.56. The third-order valence-electron chi connectivity index (χ3n) is 6.34. The molecule has 2 aromatic carbocycles. The molecule has 4 nitrogen and oxygen atoms in total. The summed E-state index contributed by atoms with van der Waals surface area (Å²) in [5, 5.41) is 0. The van der Waals surface area contributed by atoms with E-state index in [-0.39, 0.29) is 33.9 Å². The fourth-order valence-corrected chi connectivity index (χ4v) is 4.79.